The molecule has 0 spiro atoms. The lowest BCUT2D eigenvalue weighted by Crippen LogP contribution is -2.30. The molecule has 2 aromatic heterocycles. The molecular weight excluding hydrogens is 411 g/mol. The molecule has 0 atom stereocenters. The maximum Gasteiger partial charge on any atom is 0.244 e. The predicted octanol–water partition coefficient (Wildman–Crippen LogP) is 3.84. The molecule has 0 unspecified atom stereocenters. The number of rotatable bonds is 7. The Hall–Kier alpha value is -1.68. The minimum absolute atomic E-state index is 0.181. The van der Waals surface area contributed by atoms with Gasteiger partial charge in [-0.2, -0.15) is 4.31 Å². The second-order valence-electron chi connectivity index (χ2n) is 5.69. The van der Waals surface area contributed by atoms with Crippen LogP contribution >= 0.6 is 23.4 Å². The summed E-state index contributed by atoms with van der Waals surface area (Å²) in [6.45, 7) is 4.38. The second kappa shape index (κ2) is 8.14. The lowest BCUT2D eigenvalue weighted by molar-refractivity contribution is 0.445. The summed E-state index contributed by atoms with van der Waals surface area (Å²) >= 11 is 7.40. The van der Waals surface area contributed by atoms with Crippen molar-refractivity contribution in [3.63, 3.8) is 0 Å². The van der Waals surface area contributed by atoms with Gasteiger partial charge < -0.3 is 0 Å². The molecule has 0 aliphatic heterocycles. The van der Waals surface area contributed by atoms with Crippen molar-refractivity contribution in [2.45, 2.75) is 29.7 Å². The minimum Gasteiger partial charge on any atom is -0.276 e. The average Bonchev–Trinajstić information content (AvgIpc) is 3.04. The van der Waals surface area contributed by atoms with Crippen LogP contribution in [-0.2, 0) is 15.8 Å². The zero-order chi connectivity index (χ0) is 19.6. The maximum absolute atomic E-state index is 13.2. The van der Waals surface area contributed by atoms with Crippen molar-refractivity contribution in [3.05, 3.63) is 52.9 Å². The van der Waals surface area contributed by atoms with E-state index in [2.05, 4.69) is 10.2 Å². The quantitative estimate of drug-likeness (QED) is 0.535. The van der Waals surface area contributed by atoms with Gasteiger partial charge in [-0.15, -0.1) is 10.2 Å². The number of fused-ring (bicyclic) bond motifs is 1. The molecule has 0 saturated carbocycles. The first-order chi connectivity index (χ1) is 12.9. The first-order valence-corrected chi connectivity index (χ1v) is 11.1. The van der Waals surface area contributed by atoms with Crippen molar-refractivity contribution >= 4 is 39.0 Å². The number of aromatic nitrogens is 3. The van der Waals surface area contributed by atoms with Crippen LogP contribution in [0.1, 0.15) is 19.4 Å². The van der Waals surface area contributed by atoms with Crippen LogP contribution in [-0.4, -0.2) is 40.4 Å². The third kappa shape index (κ3) is 4.11. The molecule has 0 amide bonds. The SMILES string of the molecule is CCN(CC)S(=O)(=O)c1ccc2nnc(SCc3ccc(F)cc3Cl)n2c1. The molecule has 6 nitrogen and oxygen atoms in total. The first kappa shape index (κ1) is 20.1. The summed E-state index contributed by atoms with van der Waals surface area (Å²) in [5.41, 5.74) is 1.30. The van der Waals surface area contributed by atoms with Gasteiger partial charge in [0.15, 0.2) is 10.8 Å². The fraction of sp³-hybridized carbons (Fsp3) is 0.294. The monoisotopic (exact) mass is 428 g/mol. The normalized spacial score (nSPS) is 12.2. The standard InChI is InChI=1S/C17H18ClFN4O2S2/c1-3-22(4-2)27(24,25)14-7-8-16-20-21-17(23(16)10-14)26-11-12-5-6-13(19)9-15(12)18/h5-10H,3-4,11H2,1-2H3. The van der Waals surface area contributed by atoms with Crippen molar-refractivity contribution in [2.24, 2.45) is 0 Å². The molecule has 0 fully saturated rings. The van der Waals surface area contributed by atoms with Crippen molar-refractivity contribution in [3.8, 4) is 0 Å². The topological polar surface area (TPSA) is 67.6 Å². The van der Waals surface area contributed by atoms with E-state index in [4.69, 9.17) is 11.6 Å². The predicted molar refractivity (Wildman–Crippen MR) is 104 cm³/mol. The van der Waals surface area contributed by atoms with Gasteiger partial charge in [-0.25, -0.2) is 12.8 Å². The molecule has 0 radical (unpaired) electrons. The van der Waals surface area contributed by atoms with E-state index in [1.54, 1.807) is 30.4 Å². The van der Waals surface area contributed by atoms with Crippen LogP contribution < -0.4 is 0 Å². The Balaban J connectivity index is 1.91. The van der Waals surface area contributed by atoms with Gasteiger partial charge in [0, 0.05) is 30.1 Å². The van der Waals surface area contributed by atoms with Gasteiger partial charge >= 0.3 is 0 Å². The van der Waals surface area contributed by atoms with Crippen LogP contribution in [0.2, 0.25) is 5.02 Å². The summed E-state index contributed by atoms with van der Waals surface area (Å²) < 4.78 is 41.7. The molecule has 1 aromatic carbocycles. The van der Waals surface area contributed by atoms with Crippen molar-refractivity contribution < 1.29 is 12.8 Å². The van der Waals surface area contributed by atoms with E-state index in [0.29, 0.717) is 34.7 Å². The van der Waals surface area contributed by atoms with Crippen LogP contribution in [0.3, 0.4) is 0 Å². The van der Waals surface area contributed by atoms with E-state index in [1.807, 2.05) is 0 Å². The van der Waals surface area contributed by atoms with E-state index in [9.17, 15) is 12.8 Å². The van der Waals surface area contributed by atoms with Crippen molar-refractivity contribution in [1.82, 2.24) is 18.9 Å². The Kier molecular flexibility index (Phi) is 6.05. The second-order valence-corrected chi connectivity index (χ2v) is 8.98. The molecule has 2 heterocycles. The van der Waals surface area contributed by atoms with E-state index >= 15 is 0 Å². The van der Waals surface area contributed by atoms with Gasteiger partial charge in [-0.3, -0.25) is 4.40 Å². The number of hydrogen-bond donors (Lipinski definition) is 0. The third-order valence-electron chi connectivity index (χ3n) is 4.06. The molecule has 0 saturated heterocycles. The molecule has 3 rings (SSSR count). The molecule has 0 bridgehead atoms. The summed E-state index contributed by atoms with van der Waals surface area (Å²) in [4.78, 5) is 0.181. The smallest absolute Gasteiger partial charge is 0.244 e. The van der Waals surface area contributed by atoms with E-state index in [1.165, 1.54) is 40.5 Å². The molecule has 0 aliphatic rings. The summed E-state index contributed by atoms with van der Waals surface area (Å²) in [5, 5.41) is 9.05. The summed E-state index contributed by atoms with van der Waals surface area (Å²) in [5.74, 6) is 0.0559. The van der Waals surface area contributed by atoms with E-state index in [0.717, 1.165) is 5.56 Å². The number of benzene rings is 1. The largest absolute Gasteiger partial charge is 0.276 e. The van der Waals surface area contributed by atoms with Crippen LogP contribution in [0.4, 0.5) is 4.39 Å². The Morgan fingerprint density at radius 1 is 1.19 bits per heavy atom. The number of hydrogen-bond acceptors (Lipinski definition) is 5. The van der Waals surface area contributed by atoms with Crippen LogP contribution in [0.5, 0.6) is 0 Å². The summed E-state index contributed by atoms with van der Waals surface area (Å²) in [6.07, 6.45) is 1.53. The summed E-state index contributed by atoms with van der Waals surface area (Å²) in [7, 11) is -3.58. The molecule has 0 aliphatic carbocycles. The molecular formula is C17H18ClFN4O2S2. The lowest BCUT2D eigenvalue weighted by atomic mass is 10.2. The van der Waals surface area contributed by atoms with Crippen molar-refractivity contribution in [1.29, 1.82) is 0 Å². The van der Waals surface area contributed by atoms with Gasteiger partial charge in [-0.1, -0.05) is 43.3 Å². The highest BCUT2D eigenvalue weighted by atomic mass is 35.5. The fourth-order valence-corrected chi connectivity index (χ4v) is 5.29. The molecule has 0 N–H and O–H groups in total. The number of sulfonamides is 1. The Morgan fingerprint density at radius 2 is 1.93 bits per heavy atom. The highest BCUT2D eigenvalue weighted by Crippen LogP contribution is 2.27. The highest BCUT2D eigenvalue weighted by molar-refractivity contribution is 7.98. The van der Waals surface area contributed by atoms with Crippen molar-refractivity contribution in [2.75, 3.05) is 13.1 Å². The van der Waals surface area contributed by atoms with Gasteiger partial charge in [0.25, 0.3) is 0 Å². The van der Waals surface area contributed by atoms with E-state index in [-0.39, 0.29) is 4.90 Å². The Labute approximate surface area is 166 Å². The highest BCUT2D eigenvalue weighted by Gasteiger charge is 2.22. The number of nitrogens with zero attached hydrogens (tertiary/aromatic N) is 4. The van der Waals surface area contributed by atoms with Gasteiger partial charge in [0.1, 0.15) is 5.82 Å². The van der Waals surface area contributed by atoms with Crippen LogP contribution in [0.25, 0.3) is 5.65 Å². The van der Waals surface area contributed by atoms with Gasteiger partial charge in [0.05, 0.1) is 4.90 Å². The number of pyridine rings is 1. The minimum atomic E-state index is -3.58. The third-order valence-corrected chi connectivity index (χ3v) is 7.44. The van der Waals surface area contributed by atoms with Crippen LogP contribution in [0, 0.1) is 5.82 Å². The molecule has 144 valence electrons. The maximum atomic E-state index is 13.2. The zero-order valence-corrected chi connectivity index (χ0v) is 17.2. The fourth-order valence-electron chi connectivity index (χ4n) is 2.59. The average molecular weight is 429 g/mol. The summed E-state index contributed by atoms with van der Waals surface area (Å²) in [6, 6.07) is 7.37. The Bertz CT molecular complexity index is 1070. The van der Waals surface area contributed by atoms with Gasteiger partial charge in [-0.05, 0) is 29.8 Å². The zero-order valence-electron chi connectivity index (χ0n) is 14.8. The number of halogens is 2. The van der Waals surface area contributed by atoms with Gasteiger partial charge in [0.2, 0.25) is 10.0 Å². The Morgan fingerprint density at radius 3 is 2.59 bits per heavy atom. The molecule has 10 heteroatoms. The molecule has 27 heavy (non-hydrogen) atoms. The molecule has 3 aromatic rings. The van der Waals surface area contributed by atoms with E-state index < -0.39 is 15.8 Å². The number of thioether (sulfide) groups is 1. The van der Waals surface area contributed by atoms with Crippen LogP contribution in [0.15, 0.2) is 46.6 Å². The lowest BCUT2D eigenvalue weighted by Gasteiger charge is -2.18. The first-order valence-electron chi connectivity index (χ1n) is 8.28.